The van der Waals surface area contributed by atoms with Crippen LogP contribution in [-0.4, -0.2) is 47.5 Å². The number of oxime groups is 1. The Kier molecular flexibility index (Phi) is 5.58. The van der Waals surface area contributed by atoms with Crippen molar-refractivity contribution in [1.82, 2.24) is 10.2 Å². The molecule has 4 N–H and O–H groups in total. The molecule has 0 atom stereocenters. The van der Waals surface area contributed by atoms with Crippen molar-refractivity contribution in [3.05, 3.63) is 21.9 Å². The standard InChI is InChI=1S/C14H22N4O2S/c1-2-11-3-4-12(21-11)14(19)16-10-5-7-18(8-6-10)9-13(15)17-20/h3-4,10,20H,2,5-9H2,1H3,(H2,15,17)(H,16,19). The number of rotatable bonds is 5. The summed E-state index contributed by atoms with van der Waals surface area (Å²) in [6.45, 7) is 4.24. The average molecular weight is 310 g/mol. The van der Waals surface area contributed by atoms with Crippen LogP contribution in [0.25, 0.3) is 0 Å². The monoisotopic (exact) mass is 310 g/mol. The van der Waals surface area contributed by atoms with E-state index in [0.29, 0.717) is 6.54 Å². The molecule has 7 heteroatoms. The zero-order valence-corrected chi connectivity index (χ0v) is 13.0. The highest BCUT2D eigenvalue weighted by Crippen LogP contribution is 2.18. The topological polar surface area (TPSA) is 91.0 Å². The van der Waals surface area contributed by atoms with Crippen molar-refractivity contribution in [1.29, 1.82) is 0 Å². The van der Waals surface area contributed by atoms with E-state index < -0.39 is 0 Å². The molecule has 116 valence electrons. The Balaban J connectivity index is 1.79. The van der Waals surface area contributed by atoms with Gasteiger partial charge in [0, 0.05) is 24.0 Å². The SMILES string of the molecule is CCc1ccc(C(=O)NC2CCN(CC(N)=NO)CC2)s1. The van der Waals surface area contributed by atoms with E-state index in [1.807, 2.05) is 12.1 Å². The molecule has 0 radical (unpaired) electrons. The number of thiophene rings is 1. The molecule has 1 amide bonds. The second-order valence-electron chi connectivity index (χ2n) is 5.23. The van der Waals surface area contributed by atoms with Gasteiger partial charge in [0.1, 0.15) is 0 Å². The van der Waals surface area contributed by atoms with Crippen molar-refractivity contribution in [2.24, 2.45) is 10.9 Å². The van der Waals surface area contributed by atoms with Gasteiger partial charge in [0.15, 0.2) is 5.84 Å². The first-order valence-corrected chi connectivity index (χ1v) is 8.02. The van der Waals surface area contributed by atoms with Crippen LogP contribution >= 0.6 is 11.3 Å². The molecule has 0 spiro atoms. The van der Waals surface area contributed by atoms with Crippen LogP contribution in [0, 0.1) is 0 Å². The summed E-state index contributed by atoms with van der Waals surface area (Å²) in [5.41, 5.74) is 5.50. The Morgan fingerprint density at radius 1 is 1.52 bits per heavy atom. The fraction of sp³-hybridized carbons (Fsp3) is 0.571. The van der Waals surface area contributed by atoms with Crippen LogP contribution in [0.5, 0.6) is 0 Å². The maximum absolute atomic E-state index is 12.2. The molecule has 1 aromatic heterocycles. The van der Waals surface area contributed by atoms with E-state index in [0.717, 1.165) is 37.2 Å². The Morgan fingerprint density at radius 3 is 2.81 bits per heavy atom. The number of nitrogens with zero attached hydrogens (tertiary/aromatic N) is 2. The summed E-state index contributed by atoms with van der Waals surface area (Å²) in [5, 5.41) is 14.6. The fourth-order valence-corrected chi connectivity index (χ4v) is 3.29. The quantitative estimate of drug-likeness (QED) is 0.330. The number of piperidine rings is 1. The third kappa shape index (κ3) is 4.44. The van der Waals surface area contributed by atoms with E-state index in [2.05, 4.69) is 22.3 Å². The lowest BCUT2D eigenvalue weighted by molar-refractivity contribution is 0.0919. The summed E-state index contributed by atoms with van der Waals surface area (Å²) in [4.78, 5) is 16.3. The molecule has 0 saturated carbocycles. The Bertz CT molecular complexity index is 507. The first-order valence-electron chi connectivity index (χ1n) is 7.20. The van der Waals surface area contributed by atoms with Gasteiger partial charge in [-0.15, -0.1) is 11.3 Å². The smallest absolute Gasteiger partial charge is 0.261 e. The number of hydrogen-bond acceptors (Lipinski definition) is 5. The Labute approximate surface area is 128 Å². The molecule has 1 aliphatic rings. The normalized spacial score (nSPS) is 17.9. The zero-order valence-electron chi connectivity index (χ0n) is 12.2. The molecule has 0 unspecified atom stereocenters. The number of aryl methyl sites for hydroxylation is 1. The largest absolute Gasteiger partial charge is 0.409 e. The van der Waals surface area contributed by atoms with E-state index in [9.17, 15) is 4.79 Å². The predicted molar refractivity (Wildman–Crippen MR) is 84.0 cm³/mol. The molecule has 1 aromatic rings. The van der Waals surface area contributed by atoms with Crippen molar-refractivity contribution in [3.8, 4) is 0 Å². The lowest BCUT2D eigenvalue weighted by Gasteiger charge is -2.31. The predicted octanol–water partition coefficient (Wildman–Crippen LogP) is 1.25. The third-order valence-electron chi connectivity index (χ3n) is 3.67. The van der Waals surface area contributed by atoms with Crippen LogP contribution in [0.2, 0.25) is 0 Å². The number of likely N-dealkylation sites (tertiary alicyclic amines) is 1. The van der Waals surface area contributed by atoms with E-state index >= 15 is 0 Å². The minimum Gasteiger partial charge on any atom is -0.409 e. The highest BCUT2D eigenvalue weighted by atomic mass is 32.1. The van der Waals surface area contributed by atoms with Gasteiger partial charge in [0.05, 0.1) is 11.4 Å². The van der Waals surface area contributed by atoms with Gasteiger partial charge in [-0.2, -0.15) is 0 Å². The van der Waals surface area contributed by atoms with E-state index in [4.69, 9.17) is 10.9 Å². The van der Waals surface area contributed by atoms with Gasteiger partial charge in [-0.05, 0) is 31.4 Å². The zero-order chi connectivity index (χ0) is 15.2. The van der Waals surface area contributed by atoms with Gasteiger partial charge >= 0.3 is 0 Å². The number of amides is 1. The molecule has 1 fully saturated rings. The molecule has 1 saturated heterocycles. The van der Waals surface area contributed by atoms with Crippen molar-refractivity contribution < 1.29 is 10.0 Å². The van der Waals surface area contributed by atoms with Crippen molar-refractivity contribution in [3.63, 3.8) is 0 Å². The summed E-state index contributed by atoms with van der Waals surface area (Å²) in [6.07, 6.45) is 2.73. The van der Waals surface area contributed by atoms with Crippen LogP contribution in [0.3, 0.4) is 0 Å². The van der Waals surface area contributed by atoms with Crippen LogP contribution < -0.4 is 11.1 Å². The van der Waals surface area contributed by atoms with Gasteiger partial charge < -0.3 is 16.3 Å². The highest BCUT2D eigenvalue weighted by molar-refractivity contribution is 7.14. The van der Waals surface area contributed by atoms with E-state index in [1.165, 1.54) is 4.88 Å². The maximum Gasteiger partial charge on any atom is 0.261 e. The maximum atomic E-state index is 12.2. The average Bonchev–Trinajstić information content (AvgIpc) is 2.98. The lowest BCUT2D eigenvalue weighted by Crippen LogP contribution is -2.46. The highest BCUT2D eigenvalue weighted by Gasteiger charge is 2.22. The number of nitrogens with two attached hydrogens (primary N) is 1. The Hall–Kier alpha value is -1.60. The van der Waals surface area contributed by atoms with Gasteiger partial charge in [0.25, 0.3) is 5.91 Å². The minimum absolute atomic E-state index is 0.0228. The molecule has 2 rings (SSSR count). The van der Waals surface area contributed by atoms with Crippen LogP contribution in [0.1, 0.15) is 34.3 Å². The summed E-state index contributed by atoms with van der Waals surface area (Å²) < 4.78 is 0. The summed E-state index contributed by atoms with van der Waals surface area (Å²) in [6, 6.07) is 4.11. The van der Waals surface area contributed by atoms with Crippen molar-refractivity contribution in [2.75, 3.05) is 19.6 Å². The van der Waals surface area contributed by atoms with Crippen molar-refractivity contribution >= 4 is 23.1 Å². The summed E-state index contributed by atoms with van der Waals surface area (Å²) in [7, 11) is 0. The minimum atomic E-state index is 0.0228. The van der Waals surface area contributed by atoms with E-state index in [1.54, 1.807) is 11.3 Å². The molecule has 0 bridgehead atoms. The molecule has 0 aliphatic carbocycles. The first-order chi connectivity index (χ1) is 10.1. The Morgan fingerprint density at radius 2 is 2.24 bits per heavy atom. The van der Waals surface area contributed by atoms with Gasteiger partial charge in [-0.3, -0.25) is 9.69 Å². The summed E-state index contributed by atoms with van der Waals surface area (Å²) >= 11 is 1.56. The van der Waals surface area contributed by atoms with Gasteiger partial charge in [-0.25, -0.2) is 0 Å². The fourth-order valence-electron chi connectivity index (χ4n) is 2.44. The van der Waals surface area contributed by atoms with Crippen molar-refractivity contribution in [2.45, 2.75) is 32.2 Å². The molecule has 0 aromatic carbocycles. The van der Waals surface area contributed by atoms with Crippen LogP contribution in [0.15, 0.2) is 17.3 Å². The molecule has 2 heterocycles. The van der Waals surface area contributed by atoms with Crippen LogP contribution in [0.4, 0.5) is 0 Å². The number of nitrogens with one attached hydrogen (secondary N) is 1. The number of carbonyl (C=O) groups is 1. The second-order valence-corrected chi connectivity index (χ2v) is 6.40. The first kappa shape index (κ1) is 15.8. The molecule has 1 aliphatic heterocycles. The number of hydrogen-bond donors (Lipinski definition) is 3. The van der Waals surface area contributed by atoms with E-state index in [-0.39, 0.29) is 17.8 Å². The van der Waals surface area contributed by atoms with Crippen LogP contribution in [-0.2, 0) is 6.42 Å². The van der Waals surface area contributed by atoms with Gasteiger partial charge in [-0.1, -0.05) is 12.1 Å². The molecular weight excluding hydrogens is 288 g/mol. The molecule has 21 heavy (non-hydrogen) atoms. The molecular formula is C14H22N4O2S. The summed E-state index contributed by atoms with van der Waals surface area (Å²) in [5.74, 6) is 0.248. The lowest BCUT2D eigenvalue weighted by atomic mass is 10.0. The third-order valence-corrected chi connectivity index (χ3v) is 4.90. The number of amidine groups is 1. The van der Waals surface area contributed by atoms with Gasteiger partial charge in [0.2, 0.25) is 0 Å². The molecule has 6 nitrogen and oxygen atoms in total. The number of carbonyl (C=O) groups excluding carboxylic acids is 1. The second kappa shape index (κ2) is 7.42.